The average molecular weight is 366 g/mol. The molecule has 1 aromatic heterocycles. The van der Waals surface area contributed by atoms with Crippen LogP contribution < -0.4 is 15.5 Å². The first-order valence-corrected chi connectivity index (χ1v) is 9.71. The summed E-state index contributed by atoms with van der Waals surface area (Å²) >= 11 is 0. The Bertz CT molecular complexity index is 741. The van der Waals surface area contributed by atoms with Gasteiger partial charge in [0.25, 0.3) is 0 Å². The zero-order valence-electron chi connectivity index (χ0n) is 15.4. The highest BCUT2D eigenvalue weighted by Gasteiger charge is 2.29. The number of anilines is 2. The number of hydrogen-bond acceptors (Lipinski definition) is 4. The molecule has 6 nitrogen and oxygen atoms in total. The van der Waals surface area contributed by atoms with E-state index in [1.807, 2.05) is 30.3 Å². The molecule has 2 amide bonds. The fourth-order valence-corrected chi connectivity index (χ4v) is 3.65. The lowest BCUT2D eigenvalue weighted by atomic mass is 9.77. The van der Waals surface area contributed by atoms with E-state index in [0.29, 0.717) is 11.6 Å². The molecule has 0 spiro atoms. The molecule has 2 fully saturated rings. The first kappa shape index (κ1) is 17.8. The number of hydrogen-bond donors (Lipinski definition) is 2. The molecule has 142 valence electrons. The molecule has 6 heteroatoms. The van der Waals surface area contributed by atoms with Gasteiger partial charge in [0.2, 0.25) is 0 Å². The second-order valence-electron chi connectivity index (χ2n) is 7.18. The van der Waals surface area contributed by atoms with Crippen molar-refractivity contribution in [2.24, 2.45) is 5.92 Å². The number of aromatic nitrogens is 1. The Morgan fingerprint density at radius 2 is 1.89 bits per heavy atom. The predicted molar refractivity (Wildman–Crippen MR) is 106 cm³/mol. The van der Waals surface area contributed by atoms with Crippen molar-refractivity contribution in [2.45, 2.75) is 25.3 Å². The summed E-state index contributed by atoms with van der Waals surface area (Å²) < 4.78 is 5.37. The van der Waals surface area contributed by atoms with Crippen molar-refractivity contribution in [3.05, 3.63) is 54.2 Å². The van der Waals surface area contributed by atoms with Crippen molar-refractivity contribution in [3.8, 4) is 0 Å². The number of urea groups is 1. The summed E-state index contributed by atoms with van der Waals surface area (Å²) in [4.78, 5) is 19.2. The number of benzene rings is 1. The average Bonchev–Trinajstić information content (AvgIpc) is 2.68. The van der Waals surface area contributed by atoms with Gasteiger partial charge in [0, 0.05) is 13.1 Å². The molecule has 1 saturated carbocycles. The van der Waals surface area contributed by atoms with Gasteiger partial charge in [-0.2, -0.15) is 0 Å². The van der Waals surface area contributed by atoms with Crippen LogP contribution in [0, 0.1) is 5.92 Å². The molecule has 27 heavy (non-hydrogen) atoms. The monoisotopic (exact) mass is 366 g/mol. The van der Waals surface area contributed by atoms with Gasteiger partial charge in [-0.05, 0) is 36.5 Å². The number of carbonyl (C=O) groups excluding carboxylic acids is 1. The lowest BCUT2D eigenvalue weighted by Crippen LogP contribution is -2.38. The van der Waals surface area contributed by atoms with E-state index < -0.39 is 0 Å². The summed E-state index contributed by atoms with van der Waals surface area (Å²) in [5.74, 6) is 1.43. The molecule has 0 bridgehead atoms. The van der Waals surface area contributed by atoms with E-state index in [1.54, 1.807) is 6.20 Å². The predicted octanol–water partition coefficient (Wildman–Crippen LogP) is 3.58. The Labute approximate surface area is 159 Å². The van der Waals surface area contributed by atoms with E-state index in [1.165, 1.54) is 6.42 Å². The topological polar surface area (TPSA) is 66.5 Å². The first-order chi connectivity index (χ1) is 13.3. The third-order valence-corrected chi connectivity index (χ3v) is 5.41. The van der Waals surface area contributed by atoms with E-state index >= 15 is 0 Å². The lowest BCUT2D eigenvalue weighted by molar-refractivity contribution is 0.122. The van der Waals surface area contributed by atoms with E-state index in [0.717, 1.165) is 50.5 Å². The van der Waals surface area contributed by atoms with Gasteiger partial charge in [-0.15, -0.1) is 0 Å². The molecule has 1 aromatic carbocycles. The maximum absolute atomic E-state index is 12.6. The second-order valence-corrected chi connectivity index (χ2v) is 7.18. The van der Waals surface area contributed by atoms with Crippen LogP contribution in [0.2, 0.25) is 0 Å². The normalized spacial score (nSPS) is 18.4. The maximum Gasteiger partial charge on any atom is 0.319 e. The number of carbonyl (C=O) groups is 1. The van der Waals surface area contributed by atoms with Crippen molar-refractivity contribution < 1.29 is 9.53 Å². The van der Waals surface area contributed by atoms with Gasteiger partial charge in [0.15, 0.2) is 0 Å². The van der Waals surface area contributed by atoms with Crippen LogP contribution in [0.1, 0.15) is 30.9 Å². The number of amides is 2. The number of morpholine rings is 1. The van der Waals surface area contributed by atoms with Crippen molar-refractivity contribution in [1.82, 2.24) is 10.3 Å². The van der Waals surface area contributed by atoms with Crippen LogP contribution in [-0.4, -0.2) is 37.3 Å². The van der Waals surface area contributed by atoms with Gasteiger partial charge in [0.05, 0.1) is 31.1 Å². The number of pyridine rings is 1. The second kappa shape index (κ2) is 8.39. The highest BCUT2D eigenvalue weighted by Crippen LogP contribution is 2.37. The van der Waals surface area contributed by atoms with Crippen LogP contribution in [0.3, 0.4) is 0 Å². The van der Waals surface area contributed by atoms with Crippen molar-refractivity contribution >= 4 is 17.5 Å². The maximum atomic E-state index is 12.6. The molecule has 2 aromatic rings. The van der Waals surface area contributed by atoms with Gasteiger partial charge in [0.1, 0.15) is 5.82 Å². The van der Waals surface area contributed by atoms with E-state index in [-0.39, 0.29) is 12.1 Å². The van der Waals surface area contributed by atoms with Crippen molar-refractivity contribution in [1.29, 1.82) is 0 Å². The molecule has 1 aliphatic heterocycles. The van der Waals surface area contributed by atoms with E-state index in [2.05, 4.69) is 32.7 Å². The molecule has 2 heterocycles. The van der Waals surface area contributed by atoms with E-state index in [9.17, 15) is 4.79 Å². The fourth-order valence-electron chi connectivity index (χ4n) is 3.65. The Morgan fingerprint density at radius 1 is 1.11 bits per heavy atom. The quantitative estimate of drug-likeness (QED) is 0.849. The first-order valence-electron chi connectivity index (χ1n) is 9.71. The molecule has 1 aliphatic carbocycles. The summed E-state index contributed by atoms with van der Waals surface area (Å²) in [6, 6.07) is 13.9. The summed E-state index contributed by atoms with van der Waals surface area (Å²) in [6.45, 7) is 3.15. The van der Waals surface area contributed by atoms with Crippen LogP contribution >= 0.6 is 0 Å². The molecule has 0 radical (unpaired) electrons. The third kappa shape index (κ3) is 4.39. The standard InChI is InChI=1S/C21H26N4O2/c26-21(24-20(17-7-4-8-17)16-5-2-1-3-6-16)23-18-9-10-19(22-15-18)25-11-13-27-14-12-25/h1-3,5-6,9-10,15,17,20H,4,7-8,11-14H2,(H2,23,24,26). The van der Waals surface area contributed by atoms with Gasteiger partial charge < -0.3 is 20.3 Å². The molecule has 1 unspecified atom stereocenters. The summed E-state index contributed by atoms with van der Waals surface area (Å²) in [5, 5.41) is 6.08. The number of rotatable bonds is 5. The van der Waals surface area contributed by atoms with Crippen molar-refractivity contribution in [2.75, 3.05) is 36.5 Å². The molecular formula is C21H26N4O2. The van der Waals surface area contributed by atoms with Gasteiger partial charge >= 0.3 is 6.03 Å². The summed E-state index contributed by atoms with van der Waals surface area (Å²) in [6.07, 6.45) is 5.28. The smallest absolute Gasteiger partial charge is 0.319 e. The number of nitrogens with zero attached hydrogens (tertiary/aromatic N) is 2. The molecule has 1 atom stereocenters. The largest absolute Gasteiger partial charge is 0.378 e. The zero-order chi connectivity index (χ0) is 18.5. The molecular weight excluding hydrogens is 340 g/mol. The Kier molecular flexibility index (Phi) is 5.53. The minimum atomic E-state index is -0.184. The molecule has 2 aliphatic rings. The highest BCUT2D eigenvalue weighted by atomic mass is 16.5. The molecule has 4 rings (SSSR count). The van der Waals surface area contributed by atoms with Gasteiger partial charge in [-0.1, -0.05) is 36.8 Å². The van der Waals surface area contributed by atoms with Crippen molar-refractivity contribution in [3.63, 3.8) is 0 Å². The van der Waals surface area contributed by atoms with Crippen LogP contribution in [0.15, 0.2) is 48.7 Å². The van der Waals surface area contributed by atoms with Gasteiger partial charge in [-0.3, -0.25) is 0 Å². The number of nitrogens with one attached hydrogen (secondary N) is 2. The molecule has 1 saturated heterocycles. The van der Waals surface area contributed by atoms with Crippen LogP contribution in [0.4, 0.5) is 16.3 Å². The Hall–Kier alpha value is -2.60. The zero-order valence-corrected chi connectivity index (χ0v) is 15.4. The lowest BCUT2D eigenvalue weighted by Gasteiger charge is -2.34. The highest BCUT2D eigenvalue weighted by molar-refractivity contribution is 5.89. The van der Waals surface area contributed by atoms with Crippen LogP contribution in [-0.2, 0) is 4.74 Å². The summed E-state index contributed by atoms with van der Waals surface area (Å²) in [7, 11) is 0. The SMILES string of the molecule is O=C(Nc1ccc(N2CCOCC2)nc1)NC(c1ccccc1)C1CCC1. The van der Waals surface area contributed by atoms with Gasteiger partial charge in [-0.25, -0.2) is 9.78 Å². The van der Waals surface area contributed by atoms with Crippen LogP contribution in [0.25, 0.3) is 0 Å². The molecule has 2 N–H and O–H groups in total. The Balaban J connectivity index is 1.37. The minimum absolute atomic E-state index is 0.0560. The Morgan fingerprint density at radius 3 is 2.52 bits per heavy atom. The third-order valence-electron chi connectivity index (χ3n) is 5.41. The number of ether oxygens (including phenoxy) is 1. The van der Waals surface area contributed by atoms with Crippen LogP contribution in [0.5, 0.6) is 0 Å². The minimum Gasteiger partial charge on any atom is -0.378 e. The fraction of sp³-hybridized carbons (Fsp3) is 0.429. The van der Waals surface area contributed by atoms with E-state index in [4.69, 9.17) is 4.74 Å². The summed E-state index contributed by atoms with van der Waals surface area (Å²) in [5.41, 5.74) is 1.86.